The summed E-state index contributed by atoms with van der Waals surface area (Å²) in [5, 5.41) is 0. The van der Waals surface area contributed by atoms with Crippen molar-refractivity contribution in [2.24, 2.45) is 0 Å². The van der Waals surface area contributed by atoms with Crippen LogP contribution < -0.4 is 14.2 Å². The standard InChI is InChI=1S/C20H20O6/c1-3-23-17-6-4-14(13(2)21)10-16(17)12-26-20(22)15-5-7-18-19(11-15)25-9-8-24-18/h4-7,10-11H,3,8-9,12H2,1-2H3. The monoisotopic (exact) mass is 356 g/mol. The van der Waals surface area contributed by atoms with Crippen molar-refractivity contribution in [3.63, 3.8) is 0 Å². The van der Waals surface area contributed by atoms with Gasteiger partial charge in [0.2, 0.25) is 0 Å². The molecule has 0 amide bonds. The summed E-state index contributed by atoms with van der Waals surface area (Å²) in [6.45, 7) is 4.77. The molecule has 1 heterocycles. The highest BCUT2D eigenvalue weighted by molar-refractivity contribution is 5.94. The predicted molar refractivity (Wildman–Crippen MR) is 94.2 cm³/mol. The van der Waals surface area contributed by atoms with Crippen LogP contribution in [0.4, 0.5) is 0 Å². The summed E-state index contributed by atoms with van der Waals surface area (Å²) >= 11 is 0. The fourth-order valence-corrected chi connectivity index (χ4v) is 2.60. The number of fused-ring (bicyclic) bond motifs is 1. The summed E-state index contributed by atoms with van der Waals surface area (Å²) in [4.78, 5) is 24.0. The molecule has 0 spiro atoms. The Morgan fingerprint density at radius 2 is 1.73 bits per heavy atom. The number of benzene rings is 2. The number of carbonyl (C=O) groups excluding carboxylic acids is 2. The molecule has 0 fully saturated rings. The van der Waals surface area contributed by atoms with Crippen LogP contribution in [0.5, 0.6) is 17.2 Å². The maximum absolute atomic E-state index is 12.4. The van der Waals surface area contributed by atoms with Gasteiger partial charge in [0, 0.05) is 11.1 Å². The fourth-order valence-electron chi connectivity index (χ4n) is 2.60. The van der Waals surface area contributed by atoms with E-state index in [4.69, 9.17) is 18.9 Å². The van der Waals surface area contributed by atoms with Gasteiger partial charge in [-0.05, 0) is 50.2 Å². The van der Waals surface area contributed by atoms with E-state index in [0.717, 1.165) is 0 Å². The SMILES string of the molecule is CCOc1ccc(C(C)=O)cc1COC(=O)c1ccc2c(c1)OCCO2. The molecule has 1 aliphatic heterocycles. The van der Waals surface area contributed by atoms with Gasteiger partial charge in [-0.1, -0.05) is 0 Å². The fraction of sp³-hybridized carbons (Fsp3) is 0.300. The third kappa shape index (κ3) is 3.96. The highest BCUT2D eigenvalue weighted by Gasteiger charge is 2.17. The second-order valence-electron chi connectivity index (χ2n) is 5.75. The minimum atomic E-state index is -0.488. The first-order valence-corrected chi connectivity index (χ1v) is 8.42. The lowest BCUT2D eigenvalue weighted by Gasteiger charge is -2.18. The largest absolute Gasteiger partial charge is 0.493 e. The predicted octanol–water partition coefficient (Wildman–Crippen LogP) is 3.42. The molecule has 0 N–H and O–H groups in total. The maximum atomic E-state index is 12.4. The lowest BCUT2D eigenvalue weighted by atomic mass is 10.1. The number of esters is 1. The summed E-state index contributed by atoms with van der Waals surface area (Å²) in [5.41, 5.74) is 1.55. The first kappa shape index (κ1) is 17.8. The molecule has 0 unspecified atom stereocenters. The van der Waals surface area contributed by atoms with E-state index in [1.165, 1.54) is 6.92 Å². The Kier molecular flexibility index (Phi) is 5.41. The van der Waals surface area contributed by atoms with Crippen LogP contribution in [0.3, 0.4) is 0 Å². The number of ether oxygens (including phenoxy) is 4. The summed E-state index contributed by atoms with van der Waals surface area (Å²) in [7, 11) is 0. The van der Waals surface area contributed by atoms with Gasteiger partial charge >= 0.3 is 5.97 Å². The average Bonchev–Trinajstić information content (AvgIpc) is 2.66. The summed E-state index contributed by atoms with van der Waals surface area (Å²) in [6.07, 6.45) is 0. The van der Waals surface area contributed by atoms with Crippen LogP contribution in [0, 0.1) is 0 Å². The lowest BCUT2D eigenvalue weighted by molar-refractivity contribution is 0.0468. The third-order valence-electron chi connectivity index (χ3n) is 3.90. The van der Waals surface area contributed by atoms with E-state index < -0.39 is 5.97 Å². The zero-order valence-corrected chi connectivity index (χ0v) is 14.7. The van der Waals surface area contributed by atoms with E-state index in [1.54, 1.807) is 36.4 Å². The molecule has 0 bridgehead atoms. The molecule has 6 nitrogen and oxygen atoms in total. The van der Waals surface area contributed by atoms with Crippen LogP contribution in [0.15, 0.2) is 36.4 Å². The van der Waals surface area contributed by atoms with Gasteiger partial charge in [0.05, 0.1) is 12.2 Å². The minimum absolute atomic E-state index is 0.00370. The van der Waals surface area contributed by atoms with E-state index in [9.17, 15) is 9.59 Å². The van der Waals surface area contributed by atoms with Crippen LogP contribution in [-0.4, -0.2) is 31.6 Å². The van der Waals surface area contributed by atoms with Crippen molar-refractivity contribution in [3.8, 4) is 17.2 Å². The normalized spacial score (nSPS) is 12.4. The van der Waals surface area contributed by atoms with Crippen molar-refractivity contribution in [3.05, 3.63) is 53.1 Å². The molecule has 0 saturated carbocycles. The van der Waals surface area contributed by atoms with E-state index in [0.29, 0.717) is 53.8 Å². The number of rotatable bonds is 6. The average molecular weight is 356 g/mol. The van der Waals surface area contributed by atoms with Crippen LogP contribution in [0.2, 0.25) is 0 Å². The Balaban J connectivity index is 1.74. The molecule has 0 saturated heterocycles. The molecule has 26 heavy (non-hydrogen) atoms. The Labute approximate surface area is 151 Å². The summed E-state index contributed by atoms with van der Waals surface area (Å²) in [6, 6.07) is 10.0. The number of hydrogen-bond acceptors (Lipinski definition) is 6. The molecule has 1 aliphatic rings. The van der Waals surface area contributed by atoms with Crippen molar-refractivity contribution in [2.75, 3.05) is 19.8 Å². The minimum Gasteiger partial charge on any atom is -0.493 e. The first-order chi connectivity index (χ1) is 12.6. The molecule has 2 aromatic carbocycles. The van der Waals surface area contributed by atoms with Gasteiger partial charge in [0.15, 0.2) is 17.3 Å². The molecular weight excluding hydrogens is 336 g/mol. The molecule has 3 rings (SSSR count). The molecule has 0 aromatic heterocycles. The smallest absolute Gasteiger partial charge is 0.338 e. The number of ketones is 1. The van der Waals surface area contributed by atoms with Crippen LogP contribution >= 0.6 is 0 Å². The van der Waals surface area contributed by atoms with Crippen LogP contribution in [0.25, 0.3) is 0 Å². The molecule has 6 heteroatoms. The van der Waals surface area contributed by atoms with E-state index in [2.05, 4.69) is 0 Å². The van der Waals surface area contributed by atoms with Gasteiger partial charge in [-0.25, -0.2) is 4.79 Å². The van der Waals surface area contributed by atoms with E-state index in [1.807, 2.05) is 6.92 Å². The Morgan fingerprint density at radius 3 is 2.46 bits per heavy atom. The Morgan fingerprint density at radius 1 is 1.00 bits per heavy atom. The zero-order chi connectivity index (χ0) is 18.5. The third-order valence-corrected chi connectivity index (χ3v) is 3.90. The van der Waals surface area contributed by atoms with Crippen LogP contribution in [0.1, 0.15) is 40.1 Å². The van der Waals surface area contributed by atoms with Gasteiger partial charge in [-0.2, -0.15) is 0 Å². The number of Topliss-reactive ketones (excluding diaryl/α,β-unsaturated/α-hetero) is 1. The number of carbonyl (C=O) groups is 2. The highest BCUT2D eigenvalue weighted by Crippen LogP contribution is 2.31. The molecule has 136 valence electrons. The molecular formula is C20H20O6. The maximum Gasteiger partial charge on any atom is 0.338 e. The highest BCUT2D eigenvalue weighted by atomic mass is 16.6. The van der Waals surface area contributed by atoms with E-state index >= 15 is 0 Å². The summed E-state index contributed by atoms with van der Waals surface area (Å²) in [5.74, 6) is 1.18. The molecule has 0 aliphatic carbocycles. The first-order valence-electron chi connectivity index (χ1n) is 8.42. The quantitative estimate of drug-likeness (QED) is 0.583. The lowest BCUT2D eigenvalue weighted by Crippen LogP contribution is -2.16. The second kappa shape index (κ2) is 7.91. The van der Waals surface area contributed by atoms with Gasteiger partial charge in [-0.15, -0.1) is 0 Å². The van der Waals surface area contributed by atoms with Crippen molar-refractivity contribution in [1.82, 2.24) is 0 Å². The molecule has 0 radical (unpaired) electrons. The Hall–Kier alpha value is -3.02. The van der Waals surface area contributed by atoms with Crippen molar-refractivity contribution >= 4 is 11.8 Å². The van der Waals surface area contributed by atoms with Gasteiger partial charge in [0.1, 0.15) is 25.6 Å². The van der Waals surface area contributed by atoms with Gasteiger partial charge < -0.3 is 18.9 Å². The Bertz CT molecular complexity index is 827. The topological polar surface area (TPSA) is 71.1 Å². The van der Waals surface area contributed by atoms with Crippen molar-refractivity contribution < 1.29 is 28.5 Å². The summed E-state index contributed by atoms with van der Waals surface area (Å²) < 4.78 is 21.9. The van der Waals surface area contributed by atoms with Crippen LogP contribution in [-0.2, 0) is 11.3 Å². The number of hydrogen-bond donors (Lipinski definition) is 0. The van der Waals surface area contributed by atoms with Gasteiger partial charge in [-0.3, -0.25) is 4.79 Å². The molecule has 2 aromatic rings. The second-order valence-corrected chi connectivity index (χ2v) is 5.75. The van der Waals surface area contributed by atoms with E-state index in [-0.39, 0.29) is 12.4 Å². The molecule has 0 atom stereocenters. The zero-order valence-electron chi connectivity index (χ0n) is 14.7. The van der Waals surface area contributed by atoms with Crippen molar-refractivity contribution in [1.29, 1.82) is 0 Å². The van der Waals surface area contributed by atoms with Crippen molar-refractivity contribution in [2.45, 2.75) is 20.5 Å². The van der Waals surface area contributed by atoms with Gasteiger partial charge in [0.25, 0.3) is 0 Å².